The summed E-state index contributed by atoms with van der Waals surface area (Å²) in [7, 11) is 1.50. The third kappa shape index (κ3) is 11.0. The number of urea groups is 1. The van der Waals surface area contributed by atoms with Gasteiger partial charge in [-0.2, -0.15) is 0 Å². The van der Waals surface area contributed by atoms with E-state index in [1.54, 1.807) is 0 Å². The molecule has 1 rings (SSSR count). The van der Waals surface area contributed by atoms with Gasteiger partial charge in [-0.25, -0.2) is 9.79 Å². The summed E-state index contributed by atoms with van der Waals surface area (Å²) in [5, 5.41) is 4.55. The van der Waals surface area contributed by atoms with Crippen molar-refractivity contribution >= 4 is 67.0 Å². The predicted octanol–water partition coefficient (Wildman–Crippen LogP) is -2.00. The van der Waals surface area contributed by atoms with Crippen molar-refractivity contribution in [3.8, 4) is 0 Å². The first kappa shape index (κ1) is 30.7. The molecule has 2 atom stereocenters. The van der Waals surface area contributed by atoms with E-state index in [2.05, 4.69) is 20.6 Å². The number of aliphatic imine (C=N–C) groups is 2. The zero-order valence-electron chi connectivity index (χ0n) is 15.3. The number of nitrogens with one attached hydrogen (secondary N) is 2. The number of nitrogens with zero attached hydrogens (tertiary/aromatic N) is 3. The Morgan fingerprint density at radius 2 is 1.93 bits per heavy atom. The Kier molecular flexibility index (Phi) is 16.4. The number of hydrogen-bond acceptors (Lipinski definition) is 6. The summed E-state index contributed by atoms with van der Waals surface area (Å²) in [6.45, 7) is 0.457. The Labute approximate surface area is 181 Å². The lowest BCUT2D eigenvalue weighted by Gasteiger charge is -2.30. The fourth-order valence-electron chi connectivity index (χ4n) is 2.19. The number of rotatable bonds is 7. The van der Waals surface area contributed by atoms with Gasteiger partial charge in [-0.1, -0.05) is 0 Å². The highest BCUT2D eigenvalue weighted by atomic mass is 35.5. The molecule has 0 fully saturated rings. The van der Waals surface area contributed by atoms with Gasteiger partial charge in [0.25, 0.3) is 5.91 Å². The third-order valence-corrected chi connectivity index (χ3v) is 3.53. The Balaban J connectivity index is -0.00000208. The number of carbonyl (C=O) groups is 3. The van der Waals surface area contributed by atoms with Crippen LogP contribution >= 0.6 is 37.2 Å². The van der Waals surface area contributed by atoms with E-state index >= 15 is 0 Å². The van der Waals surface area contributed by atoms with Gasteiger partial charge in [-0.3, -0.25) is 25.2 Å². The molecule has 0 unspecified atom stereocenters. The van der Waals surface area contributed by atoms with Crippen molar-refractivity contribution in [2.24, 2.45) is 32.9 Å². The molecular weight excluding hydrogens is 437 g/mol. The highest BCUT2D eigenvalue weighted by Crippen LogP contribution is 2.08. The van der Waals surface area contributed by atoms with Crippen LogP contribution in [0.2, 0.25) is 0 Å². The SMILES string of the molecule is CN(C(=O)C[C@@H](N)CCCN=C(N)N)[C@H]1CN=C(NC(N)=O)NC1=O.Cl.Cl.Cl. The van der Waals surface area contributed by atoms with Crippen LogP contribution < -0.4 is 33.6 Å². The van der Waals surface area contributed by atoms with Crippen molar-refractivity contribution in [1.82, 2.24) is 15.5 Å². The Hall–Kier alpha value is -2.02. The lowest BCUT2D eigenvalue weighted by Crippen LogP contribution is -2.58. The lowest BCUT2D eigenvalue weighted by molar-refractivity contribution is -0.138. The number of nitrogens with two attached hydrogens (primary N) is 4. The zero-order valence-corrected chi connectivity index (χ0v) is 17.7. The molecule has 0 spiro atoms. The van der Waals surface area contributed by atoms with Gasteiger partial charge in [-0.05, 0) is 12.8 Å². The first-order valence-electron chi connectivity index (χ1n) is 7.69. The van der Waals surface area contributed by atoms with Gasteiger partial charge < -0.3 is 27.8 Å². The van der Waals surface area contributed by atoms with Crippen LogP contribution in [0.4, 0.5) is 4.79 Å². The maximum atomic E-state index is 12.3. The second-order valence-corrected chi connectivity index (χ2v) is 5.60. The Morgan fingerprint density at radius 1 is 1.32 bits per heavy atom. The first-order chi connectivity index (χ1) is 11.7. The average molecular weight is 465 g/mol. The van der Waals surface area contributed by atoms with Gasteiger partial charge in [0.05, 0.1) is 6.54 Å². The van der Waals surface area contributed by atoms with E-state index in [9.17, 15) is 14.4 Å². The molecule has 0 aliphatic carbocycles. The zero-order chi connectivity index (χ0) is 19.0. The predicted molar refractivity (Wildman–Crippen MR) is 114 cm³/mol. The van der Waals surface area contributed by atoms with Crippen molar-refractivity contribution < 1.29 is 14.4 Å². The van der Waals surface area contributed by atoms with Crippen LogP contribution in [0.5, 0.6) is 0 Å². The van der Waals surface area contributed by atoms with Crippen LogP contribution in [0.15, 0.2) is 9.98 Å². The summed E-state index contributed by atoms with van der Waals surface area (Å²) < 4.78 is 0. The largest absolute Gasteiger partial charge is 0.370 e. The minimum atomic E-state index is -0.839. The first-order valence-corrected chi connectivity index (χ1v) is 7.69. The monoisotopic (exact) mass is 463 g/mol. The van der Waals surface area contributed by atoms with Crippen LogP contribution in [0.3, 0.4) is 0 Å². The summed E-state index contributed by atoms with van der Waals surface area (Å²) in [5.74, 6) is -0.767. The molecule has 28 heavy (non-hydrogen) atoms. The van der Waals surface area contributed by atoms with Gasteiger partial charge in [0.2, 0.25) is 11.9 Å². The van der Waals surface area contributed by atoms with Gasteiger partial charge >= 0.3 is 6.03 Å². The molecule has 4 amide bonds. The van der Waals surface area contributed by atoms with E-state index in [4.69, 9.17) is 22.9 Å². The molecule has 1 aliphatic heterocycles. The molecule has 1 aliphatic rings. The minimum absolute atomic E-state index is 0. The molecule has 12 nitrogen and oxygen atoms in total. The standard InChI is InChI=1S/C13H25N9O3.3ClH/c1-22(8-6-19-13(20-10(8)24)21-12(17)25)9(23)5-7(14)3-2-4-18-11(15)16;;;/h7-8H,2-6,14H2,1H3,(H4,15,16,18)(H4,17,19,20,21,24,25);3*1H/t7-,8-;;;/m0.../s1. The number of likely N-dealkylation sites (N-methyl/N-ethyl adjacent to an activating group) is 1. The van der Waals surface area contributed by atoms with Crippen LogP contribution in [-0.2, 0) is 9.59 Å². The highest BCUT2D eigenvalue weighted by molar-refractivity contribution is 6.07. The maximum Gasteiger partial charge on any atom is 0.318 e. The summed E-state index contributed by atoms with van der Waals surface area (Å²) in [4.78, 5) is 44.1. The van der Waals surface area contributed by atoms with E-state index in [0.717, 1.165) is 0 Å². The highest BCUT2D eigenvalue weighted by Gasteiger charge is 2.31. The number of halogens is 3. The summed E-state index contributed by atoms with van der Waals surface area (Å²) >= 11 is 0. The van der Waals surface area contributed by atoms with Crippen molar-refractivity contribution in [2.75, 3.05) is 20.1 Å². The van der Waals surface area contributed by atoms with Gasteiger partial charge in [-0.15, -0.1) is 37.2 Å². The molecule has 0 saturated heterocycles. The number of hydrogen-bond donors (Lipinski definition) is 6. The minimum Gasteiger partial charge on any atom is -0.370 e. The average Bonchev–Trinajstić information content (AvgIpc) is 2.50. The van der Waals surface area contributed by atoms with Crippen LogP contribution in [-0.4, -0.2) is 66.9 Å². The van der Waals surface area contributed by atoms with Crippen molar-refractivity contribution in [2.45, 2.75) is 31.3 Å². The fraction of sp³-hybridized carbons (Fsp3) is 0.615. The van der Waals surface area contributed by atoms with E-state index < -0.39 is 18.0 Å². The third-order valence-electron chi connectivity index (χ3n) is 3.53. The molecule has 1 heterocycles. The molecular formula is C13H28Cl3N9O3. The smallest absolute Gasteiger partial charge is 0.318 e. The molecule has 0 radical (unpaired) electrons. The number of primary amides is 1. The summed E-state index contributed by atoms with van der Waals surface area (Å²) in [6.07, 6.45) is 1.29. The number of carbonyl (C=O) groups excluding carboxylic acids is 3. The van der Waals surface area contributed by atoms with Crippen molar-refractivity contribution in [3.05, 3.63) is 0 Å². The number of guanidine groups is 2. The van der Waals surface area contributed by atoms with E-state index in [1.807, 2.05) is 0 Å². The van der Waals surface area contributed by atoms with E-state index in [0.29, 0.717) is 19.4 Å². The summed E-state index contributed by atoms with van der Waals surface area (Å²) in [5.41, 5.74) is 21.3. The molecule has 0 saturated carbocycles. The van der Waals surface area contributed by atoms with Gasteiger partial charge in [0.1, 0.15) is 6.04 Å². The second kappa shape index (κ2) is 15.0. The van der Waals surface area contributed by atoms with Gasteiger partial charge in [0.15, 0.2) is 5.96 Å². The van der Waals surface area contributed by atoms with Crippen molar-refractivity contribution in [3.63, 3.8) is 0 Å². The van der Waals surface area contributed by atoms with Crippen LogP contribution in [0.25, 0.3) is 0 Å². The van der Waals surface area contributed by atoms with Crippen LogP contribution in [0, 0.1) is 0 Å². The van der Waals surface area contributed by atoms with Gasteiger partial charge in [0, 0.05) is 26.1 Å². The molecule has 0 aromatic heterocycles. The molecule has 164 valence electrons. The molecule has 0 aromatic rings. The topological polar surface area (TPSA) is 207 Å². The quantitative estimate of drug-likeness (QED) is 0.142. The molecule has 10 N–H and O–H groups in total. The fourth-order valence-corrected chi connectivity index (χ4v) is 2.19. The van der Waals surface area contributed by atoms with E-state index in [1.165, 1.54) is 11.9 Å². The van der Waals surface area contributed by atoms with Crippen molar-refractivity contribution in [1.29, 1.82) is 0 Å². The van der Waals surface area contributed by atoms with Crippen LogP contribution in [0.1, 0.15) is 19.3 Å². The lowest BCUT2D eigenvalue weighted by atomic mass is 10.1. The Morgan fingerprint density at radius 3 is 2.43 bits per heavy atom. The Bertz CT molecular complexity index is 585. The normalized spacial score (nSPS) is 15.9. The molecule has 15 heteroatoms. The maximum absolute atomic E-state index is 12.3. The molecule has 0 aromatic carbocycles. The summed E-state index contributed by atoms with van der Waals surface area (Å²) in [6, 6.07) is -1.99. The molecule has 0 bridgehead atoms. The van der Waals surface area contributed by atoms with E-state index in [-0.39, 0.29) is 74.1 Å². The number of amides is 4. The second-order valence-electron chi connectivity index (χ2n) is 5.60.